The molecule has 1 aromatic heterocycles. The second-order valence-corrected chi connectivity index (χ2v) is 4.90. The fraction of sp³-hybridized carbons (Fsp3) is 0. The Morgan fingerprint density at radius 3 is 2.45 bits per heavy atom. The second kappa shape index (κ2) is 5.29. The number of para-hydroxylation sites is 1. The number of nitrogens with one attached hydrogen (secondary N) is 1. The standard InChI is InChI=1S/C17H13N5/c1-2-9-14(10-3-1)18-17-19-20-21-22(17)16-12-6-8-13-7-4-5-11-15(13)16/h1-12H,(H,18,19,21). The number of hydrogen-bond donors (Lipinski definition) is 1. The van der Waals surface area contributed by atoms with Crippen molar-refractivity contribution >= 4 is 22.4 Å². The van der Waals surface area contributed by atoms with Gasteiger partial charge in [0.1, 0.15) is 0 Å². The van der Waals surface area contributed by atoms with Crippen LogP contribution < -0.4 is 5.32 Å². The van der Waals surface area contributed by atoms with E-state index in [0.29, 0.717) is 5.95 Å². The van der Waals surface area contributed by atoms with E-state index in [4.69, 9.17) is 0 Å². The van der Waals surface area contributed by atoms with E-state index >= 15 is 0 Å². The van der Waals surface area contributed by atoms with Gasteiger partial charge in [0.2, 0.25) is 0 Å². The van der Waals surface area contributed by atoms with Crippen molar-refractivity contribution in [1.29, 1.82) is 0 Å². The summed E-state index contributed by atoms with van der Waals surface area (Å²) in [5, 5.41) is 17.5. The average molecular weight is 287 g/mol. The Morgan fingerprint density at radius 1 is 0.773 bits per heavy atom. The Labute approximate surface area is 127 Å². The lowest BCUT2D eigenvalue weighted by Gasteiger charge is -2.09. The Bertz CT molecular complexity index is 909. The zero-order valence-corrected chi connectivity index (χ0v) is 11.7. The molecule has 0 unspecified atom stereocenters. The SMILES string of the molecule is c1ccc(Nc2nnnn2-c2cccc3ccccc23)cc1. The Kier molecular flexibility index (Phi) is 3.01. The van der Waals surface area contributed by atoms with Gasteiger partial charge in [-0.05, 0) is 34.0 Å². The van der Waals surface area contributed by atoms with Gasteiger partial charge >= 0.3 is 0 Å². The number of hydrogen-bond acceptors (Lipinski definition) is 4. The fourth-order valence-corrected chi connectivity index (χ4v) is 2.47. The van der Waals surface area contributed by atoms with Crippen molar-refractivity contribution in [3.63, 3.8) is 0 Å². The number of rotatable bonds is 3. The topological polar surface area (TPSA) is 55.6 Å². The minimum atomic E-state index is 0.586. The molecule has 106 valence electrons. The molecule has 22 heavy (non-hydrogen) atoms. The van der Waals surface area contributed by atoms with Crippen molar-refractivity contribution in [3.05, 3.63) is 72.8 Å². The normalized spacial score (nSPS) is 10.7. The molecule has 0 saturated carbocycles. The van der Waals surface area contributed by atoms with Crippen molar-refractivity contribution < 1.29 is 0 Å². The molecule has 0 amide bonds. The third kappa shape index (κ3) is 2.18. The summed E-state index contributed by atoms with van der Waals surface area (Å²) < 4.78 is 1.72. The molecule has 0 aliphatic rings. The number of fused-ring (bicyclic) bond motifs is 1. The number of anilines is 2. The molecule has 1 N–H and O–H groups in total. The second-order valence-electron chi connectivity index (χ2n) is 4.90. The lowest BCUT2D eigenvalue weighted by molar-refractivity contribution is 0.795. The number of aromatic nitrogens is 4. The van der Waals surface area contributed by atoms with Gasteiger partial charge in [-0.1, -0.05) is 59.7 Å². The molecule has 0 radical (unpaired) electrons. The van der Waals surface area contributed by atoms with Crippen LogP contribution in [0.5, 0.6) is 0 Å². The Morgan fingerprint density at radius 2 is 1.55 bits per heavy atom. The molecular formula is C17H13N5. The molecule has 0 bridgehead atoms. The van der Waals surface area contributed by atoms with Crippen molar-refractivity contribution in [2.75, 3.05) is 5.32 Å². The monoisotopic (exact) mass is 287 g/mol. The van der Waals surface area contributed by atoms with E-state index in [1.807, 2.05) is 54.6 Å². The average Bonchev–Trinajstić information content (AvgIpc) is 3.03. The van der Waals surface area contributed by atoms with E-state index < -0.39 is 0 Å². The molecule has 5 heteroatoms. The summed E-state index contributed by atoms with van der Waals surface area (Å²) in [4.78, 5) is 0. The Hall–Kier alpha value is -3.21. The van der Waals surface area contributed by atoms with E-state index in [2.05, 4.69) is 39.0 Å². The van der Waals surface area contributed by atoms with Gasteiger partial charge in [0.15, 0.2) is 0 Å². The molecule has 0 aliphatic carbocycles. The first kappa shape index (κ1) is 12.5. The van der Waals surface area contributed by atoms with Crippen molar-refractivity contribution in [1.82, 2.24) is 20.2 Å². The van der Waals surface area contributed by atoms with Crippen LogP contribution in [0.4, 0.5) is 11.6 Å². The van der Waals surface area contributed by atoms with E-state index in [9.17, 15) is 0 Å². The van der Waals surface area contributed by atoms with Gasteiger partial charge < -0.3 is 5.32 Å². The molecule has 0 spiro atoms. The maximum Gasteiger partial charge on any atom is 0.252 e. The maximum absolute atomic E-state index is 4.13. The molecule has 0 fully saturated rings. The predicted octanol–water partition coefficient (Wildman–Crippen LogP) is 3.56. The molecule has 0 aliphatic heterocycles. The van der Waals surface area contributed by atoms with Crippen LogP contribution in [0.1, 0.15) is 0 Å². The van der Waals surface area contributed by atoms with Gasteiger partial charge in [-0.2, -0.15) is 4.68 Å². The summed E-state index contributed by atoms with van der Waals surface area (Å²) in [6.45, 7) is 0. The van der Waals surface area contributed by atoms with E-state index in [-0.39, 0.29) is 0 Å². The minimum Gasteiger partial charge on any atom is -0.323 e. The molecule has 3 aromatic carbocycles. The van der Waals surface area contributed by atoms with Gasteiger partial charge in [-0.25, -0.2) is 0 Å². The van der Waals surface area contributed by atoms with E-state index in [1.165, 1.54) is 0 Å². The molecule has 4 aromatic rings. The maximum atomic E-state index is 4.13. The quantitative estimate of drug-likeness (QED) is 0.626. The zero-order valence-electron chi connectivity index (χ0n) is 11.7. The van der Waals surface area contributed by atoms with Crippen LogP contribution in [-0.4, -0.2) is 20.2 Å². The molecule has 0 atom stereocenters. The van der Waals surface area contributed by atoms with Crippen LogP contribution in [0, 0.1) is 0 Å². The first-order valence-corrected chi connectivity index (χ1v) is 7.00. The van der Waals surface area contributed by atoms with Crippen LogP contribution in [0.3, 0.4) is 0 Å². The Balaban J connectivity index is 1.82. The largest absolute Gasteiger partial charge is 0.323 e. The van der Waals surface area contributed by atoms with Crippen LogP contribution in [0.2, 0.25) is 0 Å². The van der Waals surface area contributed by atoms with Crippen LogP contribution in [0.15, 0.2) is 72.8 Å². The van der Waals surface area contributed by atoms with Crippen LogP contribution in [0.25, 0.3) is 16.5 Å². The highest BCUT2D eigenvalue weighted by Crippen LogP contribution is 2.24. The summed E-state index contributed by atoms with van der Waals surface area (Å²) in [6, 6.07) is 24.1. The van der Waals surface area contributed by atoms with E-state index in [0.717, 1.165) is 22.1 Å². The first-order valence-electron chi connectivity index (χ1n) is 7.00. The molecule has 4 rings (SSSR count). The van der Waals surface area contributed by atoms with Gasteiger partial charge in [-0.15, -0.1) is 0 Å². The van der Waals surface area contributed by atoms with Crippen molar-refractivity contribution in [2.24, 2.45) is 0 Å². The summed E-state index contributed by atoms with van der Waals surface area (Å²) in [5.41, 5.74) is 1.89. The van der Waals surface area contributed by atoms with E-state index in [1.54, 1.807) is 4.68 Å². The zero-order chi connectivity index (χ0) is 14.8. The highest BCUT2D eigenvalue weighted by Gasteiger charge is 2.10. The van der Waals surface area contributed by atoms with Gasteiger partial charge in [0.05, 0.1) is 5.69 Å². The van der Waals surface area contributed by atoms with Crippen LogP contribution in [-0.2, 0) is 0 Å². The smallest absolute Gasteiger partial charge is 0.252 e. The van der Waals surface area contributed by atoms with Crippen LogP contribution >= 0.6 is 0 Å². The lowest BCUT2D eigenvalue weighted by atomic mass is 10.1. The third-order valence-electron chi connectivity index (χ3n) is 3.49. The van der Waals surface area contributed by atoms with Crippen molar-refractivity contribution in [3.8, 4) is 5.69 Å². The third-order valence-corrected chi connectivity index (χ3v) is 3.49. The summed E-state index contributed by atoms with van der Waals surface area (Å²) >= 11 is 0. The highest BCUT2D eigenvalue weighted by molar-refractivity contribution is 5.90. The molecule has 0 saturated heterocycles. The van der Waals surface area contributed by atoms with Crippen molar-refractivity contribution in [2.45, 2.75) is 0 Å². The van der Waals surface area contributed by atoms with Gasteiger partial charge in [0.25, 0.3) is 5.95 Å². The first-order chi connectivity index (χ1) is 10.9. The summed E-state index contributed by atoms with van der Waals surface area (Å²) in [7, 11) is 0. The molecule has 5 nitrogen and oxygen atoms in total. The predicted molar refractivity (Wildman–Crippen MR) is 86.4 cm³/mol. The lowest BCUT2D eigenvalue weighted by Crippen LogP contribution is -2.03. The van der Waals surface area contributed by atoms with Gasteiger partial charge in [0, 0.05) is 11.1 Å². The summed E-state index contributed by atoms with van der Waals surface area (Å²) in [5.74, 6) is 0.586. The van der Waals surface area contributed by atoms with Gasteiger partial charge in [-0.3, -0.25) is 0 Å². The molecular weight excluding hydrogens is 274 g/mol. The fourth-order valence-electron chi connectivity index (χ4n) is 2.47. The number of benzene rings is 3. The highest BCUT2D eigenvalue weighted by atomic mass is 15.6. The minimum absolute atomic E-state index is 0.586. The molecule has 1 heterocycles. The number of tetrazole rings is 1. The number of nitrogens with zero attached hydrogens (tertiary/aromatic N) is 4. The summed E-state index contributed by atoms with van der Waals surface area (Å²) in [6.07, 6.45) is 0.